The molecule has 0 saturated heterocycles. The van der Waals surface area contributed by atoms with Gasteiger partial charge in [0.1, 0.15) is 18.1 Å². The zero-order valence-electron chi connectivity index (χ0n) is 19.1. The van der Waals surface area contributed by atoms with Crippen LogP contribution in [0.4, 0.5) is 0 Å². The van der Waals surface area contributed by atoms with Gasteiger partial charge in [-0.05, 0) is 46.4 Å². The van der Waals surface area contributed by atoms with Gasteiger partial charge in [-0.25, -0.2) is 0 Å². The molecule has 0 unspecified atom stereocenters. The summed E-state index contributed by atoms with van der Waals surface area (Å²) < 4.78 is 11.7. The Bertz CT molecular complexity index is 1250. The van der Waals surface area contributed by atoms with E-state index in [2.05, 4.69) is 30.3 Å². The van der Waals surface area contributed by atoms with E-state index in [1.807, 2.05) is 35.2 Å². The van der Waals surface area contributed by atoms with Crippen LogP contribution in [0.3, 0.4) is 0 Å². The lowest BCUT2D eigenvalue weighted by Crippen LogP contribution is -2.34. The normalized spacial score (nSPS) is 16.4. The van der Waals surface area contributed by atoms with E-state index >= 15 is 0 Å². The van der Waals surface area contributed by atoms with Crippen molar-refractivity contribution < 1.29 is 24.2 Å². The highest BCUT2D eigenvalue weighted by atomic mass is 16.5. The maximum absolute atomic E-state index is 11.7. The van der Waals surface area contributed by atoms with Gasteiger partial charge < -0.3 is 19.5 Å². The van der Waals surface area contributed by atoms with Gasteiger partial charge in [0.2, 0.25) is 5.91 Å². The van der Waals surface area contributed by atoms with E-state index in [0.29, 0.717) is 31.3 Å². The SMILES string of the molecule is CC(=O)N1CCc2cc(-c3cccc(COc4ccc5c(c4)OC[C@H]5CC(=O)O)c3)ccc2C1. The molecule has 0 aromatic heterocycles. The minimum atomic E-state index is -0.821. The van der Waals surface area contributed by atoms with E-state index < -0.39 is 5.97 Å². The number of ether oxygens (including phenoxy) is 2. The second-order valence-corrected chi connectivity index (χ2v) is 8.97. The summed E-state index contributed by atoms with van der Waals surface area (Å²) in [6, 6.07) is 20.4. The van der Waals surface area contributed by atoms with Crippen molar-refractivity contribution in [3.05, 3.63) is 82.9 Å². The maximum atomic E-state index is 11.7. The molecule has 2 heterocycles. The van der Waals surface area contributed by atoms with Gasteiger partial charge in [-0.2, -0.15) is 0 Å². The summed E-state index contributed by atoms with van der Waals surface area (Å²) in [5.41, 5.74) is 6.79. The summed E-state index contributed by atoms with van der Waals surface area (Å²) >= 11 is 0. The number of carbonyl (C=O) groups is 2. The lowest BCUT2D eigenvalue weighted by molar-refractivity contribution is -0.137. The van der Waals surface area contributed by atoms with Crippen LogP contribution in [0.15, 0.2) is 60.7 Å². The predicted octanol–water partition coefficient (Wildman–Crippen LogP) is 4.79. The Morgan fingerprint density at radius 2 is 1.91 bits per heavy atom. The van der Waals surface area contributed by atoms with E-state index in [4.69, 9.17) is 14.6 Å². The third kappa shape index (κ3) is 4.62. The van der Waals surface area contributed by atoms with Crippen molar-refractivity contribution in [1.82, 2.24) is 4.90 Å². The first-order valence-electron chi connectivity index (χ1n) is 11.5. The summed E-state index contributed by atoms with van der Waals surface area (Å²) in [7, 11) is 0. The zero-order valence-corrected chi connectivity index (χ0v) is 19.1. The molecule has 0 bridgehead atoms. The molecule has 5 rings (SSSR count). The van der Waals surface area contributed by atoms with Gasteiger partial charge in [-0.3, -0.25) is 9.59 Å². The van der Waals surface area contributed by atoms with Crippen molar-refractivity contribution in [3.8, 4) is 22.6 Å². The molecule has 6 nitrogen and oxygen atoms in total. The highest BCUT2D eigenvalue weighted by Gasteiger charge is 2.26. The molecule has 2 aliphatic rings. The molecule has 1 atom stereocenters. The van der Waals surface area contributed by atoms with Crippen molar-refractivity contribution in [2.45, 2.75) is 38.8 Å². The first-order valence-corrected chi connectivity index (χ1v) is 11.5. The highest BCUT2D eigenvalue weighted by Crippen LogP contribution is 2.38. The molecule has 6 heteroatoms. The van der Waals surface area contributed by atoms with Gasteiger partial charge in [0.15, 0.2) is 0 Å². The largest absolute Gasteiger partial charge is 0.492 e. The second-order valence-electron chi connectivity index (χ2n) is 8.97. The number of rotatable bonds is 6. The molecule has 0 fully saturated rings. The van der Waals surface area contributed by atoms with Crippen molar-refractivity contribution in [2.24, 2.45) is 0 Å². The molecule has 34 heavy (non-hydrogen) atoms. The number of carbonyl (C=O) groups excluding carboxylic acids is 1. The van der Waals surface area contributed by atoms with Crippen LogP contribution in [0.1, 0.15) is 41.5 Å². The molecule has 3 aromatic carbocycles. The molecular formula is C28H27NO5. The highest BCUT2D eigenvalue weighted by molar-refractivity contribution is 5.74. The molecule has 1 N–H and O–H groups in total. The van der Waals surface area contributed by atoms with Crippen LogP contribution in [0.25, 0.3) is 11.1 Å². The number of aliphatic carboxylic acids is 1. The Hall–Kier alpha value is -3.80. The molecule has 174 valence electrons. The molecule has 0 aliphatic carbocycles. The summed E-state index contributed by atoms with van der Waals surface area (Å²) in [6.45, 7) is 3.88. The third-order valence-corrected chi connectivity index (χ3v) is 6.62. The smallest absolute Gasteiger partial charge is 0.304 e. The Morgan fingerprint density at radius 3 is 2.74 bits per heavy atom. The van der Waals surface area contributed by atoms with E-state index in [9.17, 15) is 9.59 Å². The number of benzene rings is 3. The Balaban J connectivity index is 1.27. The first-order chi connectivity index (χ1) is 16.5. The Morgan fingerprint density at radius 1 is 1.06 bits per heavy atom. The maximum Gasteiger partial charge on any atom is 0.304 e. The lowest BCUT2D eigenvalue weighted by atomic mass is 9.94. The van der Waals surface area contributed by atoms with Crippen molar-refractivity contribution >= 4 is 11.9 Å². The summed E-state index contributed by atoms with van der Waals surface area (Å²) in [5.74, 6) is 0.593. The predicted molar refractivity (Wildman–Crippen MR) is 128 cm³/mol. The number of hydrogen-bond acceptors (Lipinski definition) is 4. The second kappa shape index (κ2) is 9.21. The van der Waals surface area contributed by atoms with Crippen LogP contribution in [-0.4, -0.2) is 35.0 Å². The number of nitrogens with zero attached hydrogens (tertiary/aromatic N) is 1. The molecular weight excluding hydrogens is 430 g/mol. The number of carboxylic acids is 1. The van der Waals surface area contributed by atoms with Crippen molar-refractivity contribution in [3.63, 3.8) is 0 Å². The topological polar surface area (TPSA) is 76.1 Å². The van der Waals surface area contributed by atoms with Gasteiger partial charge in [0.05, 0.1) is 13.0 Å². The van der Waals surface area contributed by atoms with Crippen LogP contribution >= 0.6 is 0 Å². The summed E-state index contributed by atoms with van der Waals surface area (Å²) in [6.07, 6.45) is 0.941. The minimum Gasteiger partial charge on any atom is -0.492 e. The molecule has 3 aromatic rings. The quantitative estimate of drug-likeness (QED) is 0.576. The van der Waals surface area contributed by atoms with Crippen LogP contribution < -0.4 is 9.47 Å². The molecule has 2 aliphatic heterocycles. The fraction of sp³-hybridized carbons (Fsp3) is 0.286. The molecule has 0 spiro atoms. The van der Waals surface area contributed by atoms with Gasteiger partial charge in [0, 0.05) is 37.6 Å². The fourth-order valence-electron chi connectivity index (χ4n) is 4.74. The standard InChI is InChI=1S/C28H27NO5/c1-18(30)29-10-9-22-12-21(5-6-23(22)15-29)20-4-2-3-19(11-20)16-33-25-7-8-26-24(13-28(31)32)17-34-27(26)14-25/h2-8,11-12,14,24H,9-10,13,15-17H2,1H3,(H,31,32)/t24-/m1/s1. The van der Waals surface area contributed by atoms with Gasteiger partial charge in [-0.15, -0.1) is 0 Å². The van der Waals surface area contributed by atoms with Gasteiger partial charge >= 0.3 is 5.97 Å². The molecule has 0 saturated carbocycles. The summed E-state index contributed by atoms with van der Waals surface area (Å²) in [5, 5.41) is 9.06. The van der Waals surface area contributed by atoms with E-state index in [-0.39, 0.29) is 18.2 Å². The van der Waals surface area contributed by atoms with Gasteiger partial charge in [-0.1, -0.05) is 42.5 Å². The Labute approximate surface area is 198 Å². The average molecular weight is 458 g/mol. The molecule has 0 radical (unpaired) electrons. The summed E-state index contributed by atoms with van der Waals surface area (Å²) in [4.78, 5) is 24.6. The number of hydrogen-bond donors (Lipinski definition) is 1. The lowest BCUT2D eigenvalue weighted by Gasteiger charge is -2.28. The van der Waals surface area contributed by atoms with Crippen LogP contribution in [0, 0.1) is 0 Å². The minimum absolute atomic E-state index is 0.0671. The van der Waals surface area contributed by atoms with Crippen molar-refractivity contribution in [1.29, 1.82) is 0 Å². The van der Waals surface area contributed by atoms with Crippen LogP contribution in [0.5, 0.6) is 11.5 Å². The van der Waals surface area contributed by atoms with E-state index in [0.717, 1.165) is 35.2 Å². The first kappa shape index (κ1) is 22.0. The number of fused-ring (bicyclic) bond motifs is 2. The van der Waals surface area contributed by atoms with E-state index in [1.54, 1.807) is 6.92 Å². The number of carboxylic acid groups (broad SMARTS) is 1. The van der Waals surface area contributed by atoms with Crippen molar-refractivity contribution in [2.75, 3.05) is 13.2 Å². The Kier molecular flexibility index (Phi) is 5.97. The van der Waals surface area contributed by atoms with Gasteiger partial charge in [0.25, 0.3) is 0 Å². The van der Waals surface area contributed by atoms with Crippen LogP contribution in [0.2, 0.25) is 0 Å². The monoisotopic (exact) mass is 457 g/mol. The average Bonchev–Trinajstić information content (AvgIpc) is 3.23. The third-order valence-electron chi connectivity index (χ3n) is 6.62. The van der Waals surface area contributed by atoms with E-state index in [1.165, 1.54) is 11.1 Å². The zero-order chi connectivity index (χ0) is 23.7. The van der Waals surface area contributed by atoms with Crippen LogP contribution in [-0.2, 0) is 29.2 Å². The fourth-order valence-corrected chi connectivity index (χ4v) is 4.74. The molecule has 1 amide bonds. The number of amides is 1.